The third kappa shape index (κ3) is 4.60. The number of rotatable bonds is 7. The number of benzene rings is 1. The second kappa shape index (κ2) is 9.03. The van der Waals surface area contributed by atoms with Crippen LogP contribution in [0.3, 0.4) is 0 Å². The molecule has 1 aliphatic heterocycles. The van der Waals surface area contributed by atoms with Gasteiger partial charge in [-0.15, -0.1) is 5.10 Å². The highest BCUT2D eigenvalue weighted by Gasteiger charge is 2.27. The molecule has 0 amide bonds. The van der Waals surface area contributed by atoms with Gasteiger partial charge in [0.2, 0.25) is 0 Å². The van der Waals surface area contributed by atoms with E-state index in [9.17, 15) is 10.1 Å². The van der Waals surface area contributed by atoms with E-state index in [1.165, 1.54) is 12.1 Å². The van der Waals surface area contributed by atoms with Crippen LogP contribution in [0, 0.1) is 10.1 Å². The summed E-state index contributed by atoms with van der Waals surface area (Å²) in [6.07, 6.45) is 4.67. The summed E-state index contributed by atoms with van der Waals surface area (Å²) < 4.78 is 0. The molecule has 1 fully saturated rings. The smallest absolute Gasteiger partial charge is 0.269 e. The number of hydrogen-bond donors (Lipinski definition) is 0. The van der Waals surface area contributed by atoms with Crippen LogP contribution in [-0.2, 0) is 6.42 Å². The number of anilines is 2. The van der Waals surface area contributed by atoms with Crippen molar-refractivity contribution in [3.05, 3.63) is 64.5 Å². The van der Waals surface area contributed by atoms with E-state index in [-0.39, 0.29) is 5.69 Å². The lowest BCUT2D eigenvalue weighted by molar-refractivity contribution is -0.384. The van der Waals surface area contributed by atoms with E-state index >= 15 is 0 Å². The number of aromatic nitrogens is 4. The third-order valence-electron chi connectivity index (χ3n) is 5.57. The van der Waals surface area contributed by atoms with E-state index in [0.29, 0.717) is 11.9 Å². The molecule has 0 saturated carbocycles. The number of nitro benzene ring substituents is 1. The maximum Gasteiger partial charge on any atom is 0.269 e. The van der Waals surface area contributed by atoms with Crippen LogP contribution in [0.25, 0.3) is 11.4 Å². The Morgan fingerprint density at radius 1 is 1.23 bits per heavy atom. The highest BCUT2D eigenvalue weighted by Crippen LogP contribution is 2.26. The van der Waals surface area contributed by atoms with Crippen molar-refractivity contribution in [3.8, 4) is 11.4 Å². The summed E-state index contributed by atoms with van der Waals surface area (Å²) in [5.41, 5.74) is 1.75. The Kier molecular flexibility index (Phi) is 6.01. The van der Waals surface area contributed by atoms with Crippen LogP contribution in [0.5, 0.6) is 0 Å². The highest BCUT2D eigenvalue weighted by atomic mass is 16.6. The molecule has 0 aliphatic carbocycles. The number of hydrogen-bond acceptors (Lipinski definition) is 8. The van der Waals surface area contributed by atoms with Crippen LogP contribution in [0.1, 0.15) is 25.5 Å². The fraction of sp³-hybridized carbons (Fsp3) is 0.364. The summed E-state index contributed by atoms with van der Waals surface area (Å²) in [4.78, 5) is 24.4. The molecule has 0 spiro atoms. The Labute approximate surface area is 180 Å². The summed E-state index contributed by atoms with van der Waals surface area (Å²) in [6.45, 7) is 3.82. The Morgan fingerprint density at radius 3 is 2.71 bits per heavy atom. The van der Waals surface area contributed by atoms with Crippen LogP contribution >= 0.6 is 0 Å². The number of nitrogens with zero attached hydrogens (tertiary/aromatic N) is 7. The molecule has 3 aromatic rings. The van der Waals surface area contributed by atoms with Gasteiger partial charge in [-0.25, -0.2) is 9.97 Å². The van der Waals surface area contributed by atoms with Crippen molar-refractivity contribution in [3.63, 3.8) is 0 Å². The molecule has 0 radical (unpaired) electrons. The van der Waals surface area contributed by atoms with Gasteiger partial charge in [0.25, 0.3) is 5.69 Å². The predicted molar refractivity (Wildman–Crippen MR) is 119 cm³/mol. The Hall–Kier alpha value is -3.62. The standard InChI is InChI=1S/C22H25N7O2/c1-3-17-14-21(25-22(24-17)16-8-10-18(11-9-16)29(30)31)27(2)15-19-6-5-13-28(19)20-7-4-12-23-26-20/h4,7-12,14,19H,3,5-6,13,15H2,1-2H3. The van der Waals surface area contributed by atoms with Crippen molar-refractivity contribution in [2.75, 3.05) is 29.9 Å². The van der Waals surface area contributed by atoms with E-state index in [2.05, 4.69) is 31.9 Å². The lowest BCUT2D eigenvalue weighted by Crippen LogP contribution is -2.39. The first-order chi connectivity index (χ1) is 15.0. The maximum absolute atomic E-state index is 10.9. The van der Waals surface area contributed by atoms with Crippen molar-refractivity contribution in [1.82, 2.24) is 20.2 Å². The van der Waals surface area contributed by atoms with Crippen molar-refractivity contribution in [2.24, 2.45) is 0 Å². The van der Waals surface area contributed by atoms with Crippen molar-refractivity contribution >= 4 is 17.3 Å². The first-order valence-electron chi connectivity index (χ1n) is 10.4. The molecule has 2 aromatic heterocycles. The van der Waals surface area contributed by atoms with E-state index in [4.69, 9.17) is 4.98 Å². The van der Waals surface area contributed by atoms with E-state index in [1.807, 2.05) is 25.2 Å². The van der Waals surface area contributed by atoms with Gasteiger partial charge in [0, 0.05) is 61.8 Å². The average molecular weight is 419 g/mol. The molecular weight excluding hydrogens is 394 g/mol. The fourth-order valence-electron chi connectivity index (χ4n) is 3.90. The van der Waals surface area contributed by atoms with Gasteiger partial charge in [0.1, 0.15) is 5.82 Å². The predicted octanol–water partition coefficient (Wildman–Crippen LogP) is 3.51. The number of aryl methyl sites for hydroxylation is 1. The van der Waals surface area contributed by atoms with E-state index < -0.39 is 4.92 Å². The van der Waals surface area contributed by atoms with Crippen molar-refractivity contribution < 1.29 is 4.92 Å². The van der Waals surface area contributed by atoms with Gasteiger partial charge < -0.3 is 9.80 Å². The minimum absolute atomic E-state index is 0.0538. The zero-order valence-electron chi connectivity index (χ0n) is 17.7. The number of likely N-dealkylation sites (N-methyl/N-ethyl adjacent to an activating group) is 1. The van der Waals surface area contributed by atoms with Crippen molar-refractivity contribution in [1.29, 1.82) is 0 Å². The summed E-state index contributed by atoms with van der Waals surface area (Å²) in [7, 11) is 2.04. The zero-order valence-corrected chi connectivity index (χ0v) is 17.7. The topological polar surface area (TPSA) is 101 Å². The second-order valence-electron chi connectivity index (χ2n) is 7.65. The molecule has 1 unspecified atom stereocenters. The summed E-state index contributed by atoms with van der Waals surface area (Å²) in [6, 6.07) is 12.6. The van der Waals surface area contributed by atoms with Gasteiger partial charge >= 0.3 is 0 Å². The Morgan fingerprint density at radius 2 is 2.03 bits per heavy atom. The highest BCUT2D eigenvalue weighted by molar-refractivity contribution is 5.60. The third-order valence-corrected chi connectivity index (χ3v) is 5.57. The van der Waals surface area contributed by atoms with Crippen molar-refractivity contribution in [2.45, 2.75) is 32.2 Å². The Bertz CT molecular complexity index is 1040. The largest absolute Gasteiger partial charge is 0.357 e. The summed E-state index contributed by atoms with van der Waals surface area (Å²) >= 11 is 0. The molecule has 1 aromatic carbocycles. The number of nitro groups is 1. The van der Waals surface area contributed by atoms with Gasteiger partial charge in [-0.3, -0.25) is 10.1 Å². The minimum Gasteiger partial charge on any atom is -0.357 e. The van der Waals surface area contributed by atoms with Gasteiger partial charge in [-0.2, -0.15) is 5.10 Å². The van der Waals surface area contributed by atoms with Crippen LogP contribution in [0.15, 0.2) is 48.7 Å². The first-order valence-corrected chi connectivity index (χ1v) is 10.4. The maximum atomic E-state index is 10.9. The van der Waals surface area contributed by atoms with Crippen LogP contribution < -0.4 is 9.80 Å². The molecule has 31 heavy (non-hydrogen) atoms. The quantitative estimate of drug-likeness (QED) is 0.424. The molecular formula is C22H25N7O2. The average Bonchev–Trinajstić information content (AvgIpc) is 3.27. The first kappa shape index (κ1) is 20.6. The van der Waals surface area contributed by atoms with Crippen LogP contribution in [-0.4, -0.2) is 51.3 Å². The molecule has 0 N–H and O–H groups in total. The normalized spacial score (nSPS) is 15.8. The summed E-state index contributed by atoms with van der Waals surface area (Å²) in [5.74, 6) is 2.32. The van der Waals surface area contributed by atoms with E-state index in [0.717, 1.165) is 55.2 Å². The monoisotopic (exact) mass is 419 g/mol. The van der Waals surface area contributed by atoms with Crippen LogP contribution in [0.4, 0.5) is 17.3 Å². The molecule has 0 bridgehead atoms. The molecule has 9 nitrogen and oxygen atoms in total. The fourth-order valence-corrected chi connectivity index (χ4v) is 3.90. The molecule has 160 valence electrons. The van der Waals surface area contributed by atoms with Gasteiger partial charge in [0.05, 0.1) is 4.92 Å². The van der Waals surface area contributed by atoms with E-state index in [1.54, 1.807) is 18.3 Å². The SMILES string of the molecule is CCc1cc(N(C)CC2CCCN2c2cccnn2)nc(-c2ccc([N+](=O)[O-])cc2)n1. The Balaban J connectivity index is 1.57. The van der Waals surface area contributed by atoms with Gasteiger partial charge in [-0.1, -0.05) is 6.92 Å². The number of non-ortho nitro benzene ring substituents is 1. The van der Waals surface area contributed by atoms with Crippen LogP contribution in [0.2, 0.25) is 0 Å². The summed E-state index contributed by atoms with van der Waals surface area (Å²) in [5, 5.41) is 19.2. The molecule has 1 aliphatic rings. The second-order valence-corrected chi connectivity index (χ2v) is 7.65. The van der Waals surface area contributed by atoms with Gasteiger partial charge in [0.15, 0.2) is 11.6 Å². The van der Waals surface area contributed by atoms with Gasteiger partial charge in [-0.05, 0) is 43.5 Å². The molecule has 9 heteroatoms. The molecule has 1 saturated heterocycles. The molecule has 3 heterocycles. The zero-order chi connectivity index (χ0) is 21.8. The lowest BCUT2D eigenvalue weighted by atomic mass is 10.1. The minimum atomic E-state index is -0.406. The lowest BCUT2D eigenvalue weighted by Gasteiger charge is -2.30. The molecule has 1 atom stereocenters. The molecule has 4 rings (SSSR count).